The number of ether oxygens (including phenoxy) is 1. The van der Waals surface area contributed by atoms with E-state index in [1.165, 1.54) is 0 Å². The number of pyridine rings is 1. The van der Waals surface area contributed by atoms with Gasteiger partial charge in [-0.1, -0.05) is 29.3 Å². The summed E-state index contributed by atoms with van der Waals surface area (Å²) in [6, 6.07) is 7.14. The smallest absolute Gasteiger partial charge is 0.317 e. The number of rotatable bonds is 8. The van der Waals surface area contributed by atoms with Crippen LogP contribution < -0.4 is 15.4 Å². The number of aliphatic carboxylic acids is 1. The first kappa shape index (κ1) is 24.6. The average Bonchev–Trinajstić information content (AvgIpc) is 2.75. The number of nitrogens with two attached hydrogens (primary N) is 1. The van der Waals surface area contributed by atoms with Gasteiger partial charge < -0.3 is 20.5 Å². The van der Waals surface area contributed by atoms with Crippen molar-refractivity contribution in [2.45, 2.75) is 19.4 Å². The Balaban J connectivity index is 1.45. The van der Waals surface area contributed by atoms with Crippen molar-refractivity contribution in [3.8, 4) is 5.75 Å². The normalized spacial score (nSPS) is 19.4. The number of nitrogens with zero attached hydrogens (tertiary/aromatic N) is 4. The van der Waals surface area contributed by atoms with Gasteiger partial charge in [-0.15, -0.1) is 0 Å². The molecule has 2 aromatic rings. The first-order valence-electron chi connectivity index (χ1n) is 11.3. The van der Waals surface area contributed by atoms with Crippen molar-refractivity contribution < 1.29 is 14.6 Å². The van der Waals surface area contributed by atoms with Crippen LogP contribution in [0, 0.1) is 11.8 Å². The molecule has 1 unspecified atom stereocenters. The van der Waals surface area contributed by atoms with Gasteiger partial charge in [-0.25, -0.2) is 4.98 Å². The third kappa shape index (κ3) is 5.74. The molecule has 8 nitrogen and oxygen atoms in total. The minimum atomic E-state index is -0.764. The molecule has 4 rings (SSSR count). The number of aliphatic imine (C=N–C) groups is 1. The lowest BCUT2D eigenvalue weighted by molar-refractivity contribution is -0.138. The molecule has 34 heavy (non-hydrogen) atoms. The molecule has 0 saturated carbocycles. The number of likely N-dealkylation sites (tertiary alicyclic amines) is 1. The zero-order valence-corrected chi connectivity index (χ0v) is 20.6. The second-order valence-electron chi connectivity index (χ2n) is 8.89. The summed E-state index contributed by atoms with van der Waals surface area (Å²) < 4.78 is 6.04. The number of hydrogen-bond donors (Lipinski definition) is 2. The second kappa shape index (κ2) is 10.8. The molecule has 0 spiro atoms. The molecule has 0 amide bonds. The van der Waals surface area contributed by atoms with Crippen LogP contribution in [0.25, 0.3) is 0 Å². The topological polar surface area (TPSA) is 104 Å². The molecule has 0 bridgehead atoms. The Labute approximate surface area is 209 Å². The lowest BCUT2D eigenvalue weighted by Crippen LogP contribution is -2.54. The Morgan fingerprint density at radius 1 is 1.29 bits per heavy atom. The molecule has 1 atom stereocenters. The van der Waals surface area contributed by atoms with Gasteiger partial charge in [0.2, 0.25) is 0 Å². The van der Waals surface area contributed by atoms with E-state index in [-0.39, 0.29) is 13.2 Å². The van der Waals surface area contributed by atoms with E-state index in [1.807, 2.05) is 17.0 Å². The lowest BCUT2D eigenvalue weighted by atomic mass is 9.80. The maximum Gasteiger partial charge on any atom is 0.317 e. The molecule has 1 aromatic heterocycles. The summed E-state index contributed by atoms with van der Waals surface area (Å²) in [6.07, 6.45) is 3.80. The van der Waals surface area contributed by atoms with Crippen LogP contribution in [0.15, 0.2) is 29.3 Å². The third-order valence-electron chi connectivity index (χ3n) is 6.49. The van der Waals surface area contributed by atoms with E-state index in [0.717, 1.165) is 50.4 Å². The average molecular weight is 506 g/mol. The number of benzene rings is 1. The number of nitrogen functional groups attached to an aromatic ring is 1. The molecule has 10 heteroatoms. The largest absolute Gasteiger partial charge is 0.486 e. The summed E-state index contributed by atoms with van der Waals surface area (Å²) in [6.45, 7) is 3.79. The zero-order chi connectivity index (χ0) is 24.2. The van der Waals surface area contributed by atoms with Crippen molar-refractivity contribution in [1.82, 2.24) is 9.88 Å². The van der Waals surface area contributed by atoms with E-state index >= 15 is 0 Å². The lowest BCUT2D eigenvalue weighted by Gasteiger charge is -2.47. The highest BCUT2D eigenvalue weighted by atomic mass is 35.5. The maximum absolute atomic E-state index is 11.1. The number of hydrogen-bond acceptors (Lipinski definition) is 7. The van der Waals surface area contributed by atoms with Crippen LogP contribution in [-0.2, 0) is 11.4 Å². The predicted octanol–water partition coefficient (Wildman–Crippen LogP) is 3.83. The number of anilines is 2. The Bertz CT molecular complexity index is 1070. The standard InChI is InChI=1S/C24H29Cl2N5O3/c1-28-9-20-24(27)21(34-14-16-4-5-18(25)7-19(16)26)8-22(29-20)31-11-17(12-31)15-3-2-6-30(10-15)13-23(32)33/h4-5,7-9,15,17H,2-3,6,10-14,27H2,1H3,(H,32,33). The number of piperidine rings is 1. The highest BCUT2D eigenvalue weighted by Crippen LogP contribution is 2.36. The fourth-order valence-electron chi connectivity index (χ4n) is 4.64. The Kier molecular flexibility index (Phi) is 7.80. The van der Waals surface area contributed by atoms with Crippen LogP contribution in [0.4, 0.5) is 11.5 Å². The van der Waals surface area contributed by atoms with Gasteiger partial charge in [0.05, 0.1) is 6.54 Å². The molecule has 2 fully saturated rings. The van der Waals surface area contributed by atoms with Crippen LogP contribution in [0.2, 0.25) is 10.0 Å². The number of carboxylic acid groups (broad SMARTS) is 1. The molecule has 182 valence electrons. The summed E-state index contributed by atoms with van der Waals surface area (Å²) in [7, 11) is 1.67. The van der Waals surface area contributed by atoms with Crippen LogP contribution in [-0.4, -0.2) is 66.9 Å². The number of carboxylic acids is 1. The van der Waals surface area contributed by atoms with E-state index in [0.29, 0.717) is 39.0 Å². The summed E-state index contributed by atoms with van der Waals surface area (Å²) >= 11 is 12.3. The maximum atomic E-state index is 11.1. The fraction of sp³-hybridized carbons (Fsp3) is 0.458. The molecule has 1 aromatic carbocycles. The zero-order valence-electron chi connectivity index (χ0n) is 19.1. The Morgan fingerprint density at radius 3 is 2.79 bits per heavy atom. The molecular weight excluding hydrogens is 477 g/mol. The van der Waals surface area contributed by atoms with Crippen molar-refractivity contribution in [1.29, 1.82) is 0 Å². The van der Waals surface area contributed by atoms with Crippen molar-refractivity contribution >= 4 is 46.9 Å². The van der Waals surface area contributed by atoms with Gasteiger partial charge in [-0.05, 0) is 43.4 Å². The summed E-state index contributed by atoms with van der Waals surface area (Å²) in [5, 5.41) is 10.2. The molecule has 3 heterocycles. The van der Waals surface area contributed by atoms with Crippen LogP contribution in [0.1, 0.15) is 24.1 Å². The molecule has 0 aliphatic carbocycles. The molecule has 0 radical (unpaired) electrons. The quantitative estimate of drug-likeness (QED) is 0.525. The van der Waals surface area contributed by atoms with Gasteiger partial charge in [0, 0.05) is 54.6 Å². The van der Waals surface area contributed by atoms with Gasteiger partial charge in [0.1, 0.15) is 29.6 Å². The Hall–Kier alpha value is -2.55. The number of carbonyl (C=O) groups is 1. The summed E-state index contributed by atoms with van der Waals surface area (Å²) in [4.78, 5) is 24.1. The number of halogens is 2. The molecule has 3 N–H and O–H groups in total. The van der Waals surface area contributed by atoms with Crippen molar-refractivity contribution in [3.05, 3.63) is 45.6 Å². The molecule has 2 saturated heterocycles. The molecule has 2 aliphatic rings. The summed E-state index contributed by atoms with van der Waals surface area (Å²) in [5.41, 5.74) is 8.11. The van der Waals surface area contributed by atoms with E-state index < -0.39 is 5.97 Å². The Morgan fingerprint density at radius 2 is 2.09 bits per heavy atom. The van der Waals surface area contributed by atoms with Gasteiger partial charge in [-0.2, -0.15) is 0 Å². The monoisotopic (exact) mass is 505 g/mol. The van der Waals surface area contributed by atoms with E-state index in [2.05, 4.69) is 9.89 Å². The van der Waals surface area contributed by atoms with Crippen molar-refractivity contribution in [2.75, 3.05) is 50.4 Å². The van der Waals surface area contributed by atoms with Gasteiger partial charge in [0.15, 0.2) is 0 Å². The van der Waals surface area contributed by atoms with Gasteiger partial charge >= 0.3 is 5.97 Å². The number of aromatic nitrogens is 1. The van der Waals surface area contributed by atoms with E-state index in [1.54, 1.807) is 25.4 Å². The predicted molar refractivity (Wildman–Crippen MR) is 135 cm³/mol. The van der Waals surface area contributed by atoms with Crippen LogP contribution in [0.3, 0.4) is 0 Å². The molecule has 2 aliphatic heterocycles. The van der Waals surface area contributed by atoms with E-state index in [9.17, 15) is 4.79 Å². The highest BCUT2D eigenvalue weighted by Gasteiger charge is 2.37. The van der Waals surface area contributed by atoms with Crippen molar-refractivity contribution in [2.24, 2.45) is 16.8 Å². The first-order chi connectivity index (χ1) is 16.3. The fourth-order valence-corrected chi connectivity index (χ4v) is 5.11. The van der Waals surface area contributed by atoms with Gasteiger partial charge in [-0.3, -0.25) is 14.7 Å². The SMILES string of the molecule is CN=Cc1nc(N2CC(C3CCCN(CC(=O)O)C3)C2)cc(OCc2ccc(Cl)cc2Cl)c1N. The minimum Gasteiger partial charge on any atom is -0.486 e. The second-order valence-corrected chi connectivity index (χ2v) is 9.73. The first-order valence-corrected chi connectivity index (χ1v) is 12.1. The minimum absolute atomic E-state index is 0.116. The molecular formula is C24H29Cl2N5O3. The van der Waals surface area contributed by atoms with E-state index in [4.69, 9.17) is 43.8 Å². The highest BCUT2D eigenvalue weighted by molar-refractivity contribution is 6.35. The summed E-state index contributed by atoms with van der Waals surface area (Å²) in [5.74, 6) is 1.56. The third-order valence-corrected chi connectivity index (χ3v) is 7.07. The van der Waals surface area contributed by atoms with Crippen LogP contribution >= 0.6 is 23.2 Å². The van der Waals surface area contributed by atoms with Crippen LogP contribution in [0.5, 0.6) is 5.75 Å². The van der Waals surface area contributed by atoms with Gasteiger partial charge in [0.25, 0.3) is 0 Å². The van der Waals surface area contributed by atoms with Crippen molar-refractivity contribution in [3.63, 3.8) is 0 Å².